The zero-order valence-electron chi connectivity index (χ0n) is 34.4. The molecule has 0 amide bonds. The summed E-state index contributed by atoms with van der Waals surface area (Å²) in [6, 6.07) is 74.9. The molecule has 62 heavy (non-hydrogen) atoms. The minimum atomic E-state index is -0.0533. The van der Waals surface area contributed by atoms with Crippen molar-refractivity contribution in [2.45, 2.75) is 19.3 Å². The Morgan fingerprint density at radius 3 is 1.79 bits per heavy atom. The van der Waals surface area contributed by atoms with Gasteiger partial charge >= 0.3 is 0 Å². The molecule has 1 aliphatic carbocycles. The Kier molecular flexibility index (Phi) is 8.41. The summed E-state index contributed by atoms with van der Waals surface area (Å²) in [6.45, 7) is 4.68. The van der Waals surface area contributed by atoms with Crippen LogP contribution in [-0.2, 0) is 5.41 Å². The van der Waals surface area contributed by atoms with Gasteiger partial charge in [0.15, 0.2) is 5.82 Å². The van der Waals surface area contributed by atoms with E-state index in [2.05, 4.69) is 214 Å². The number of nitrogens with zero attached hydrogens (tertiary/aromatic N) is 2. The fourth-order valence-electron chi connectivity index (χ4n) is 9.71. The van der Waals surface area contributed by atoms with E-state index in [1.54, 1.807) is 0 Å². The second kappa shape index (κ2) is 14.3. The Morgan fingerprint density at radius 1 is 0.355 bits per heavy atom. The molecular formula is C59H40N2S. The van der Waals surface area contributed by atoms with Gasteiger partial charge < -0.3 is 0 Å². The molecule has 0 atom stereocenters. The van der Waals surface area contributed by atoms with Crippen molar-refractivity contribution in [3.63, 3.8) is 0 Å². The van der Waals surface area contributed by atoms with Crippen LogP contribution in [0.2, 0.25) is 0 Å². The molecule has 0 N–H and O–H groups in total. The molecule has 2 heterocycles. The summed E-state index contributed by atoms with van der Waals surface area (Å²) < 4.78 is 2.59. The van der Waals surface area contributed by atoms with Crippen LogP contribution in [0.4, 0.5) is 0 Å². The summed E-state index contributed by atoms with van der Waals surface area (Å²) in [6.07, 6.45) is 0. The topological polar surface area (TPSA) is 25.8 Å². The first-order valence-electron chi connectivity index (χ1n) is 21.3. The van der Waals surface area contributed by atoms with Crippen LogP contribution in [0.15, 0.2) is 206 Å². The molecule has 0 aliphatic heterocycles. The third-order valence-electron chi connectivity index (χ3n) is 12.9. The Bertz CT molecular complexity index is 3540. The molecule has 0 fully saturated rings. The number of thiophene rings is 1. The first kappa shape index (κ1) is 36.4. The molecule has 0 spiro atoms. The van der Waals surface area contributed by atoms with E-state index in [0.29, 0.717) is 5.82 Å². The molecule has 292 valence electrons. The molecule has 0 saturated carbocycles. The van der Waals surface area contributed by atoms with Crippen LogP contribution in [-0.4, -0.2) is 9.97 Å². The molecule has 0 radical (unpaired) electrons. The molecule has 2 nitrogen and oxygen atoms in total. The van der Waals surface area contributed by atoms with Gasteiger partial charge in [-0.2, -0.15) is 0 Å². The summed E-state index contributed by atoms with van der Waals surface area (Å²) in [4.78, 5) is 10.6. The van der Waals surface area contributed by atoms with E-state index in [1.807, 2.05) is 17.4 Å². The number of benzene rings is 9. The lowest BCUT2D eigenvalue weighted by Crippen LogP contribution is -2.14. The lowest BCUT2D eigenvalue weighted by Gasteiger charge is -2.22. The first-order valence-corrected chi connectivity index (χ1v) is 22.1. The van der Waals surface area contributed by atoms with Crippen molar-refractivity contribution >= 4 is 42.3 Å². The maximum absolute atomic E-state index is 5.35. The van der Waals surface area contributed by atoms with Gasteiger partial charge in [-0.1, -0.05) is 184 Å². The lowest BCUT2D eigenvalue weighted by atomic mass is 9.81. The van der Waals surface area contributed by atoms with Crippen LogP contribution in [0.25, 0.3) is 109 Å². The predicted octanol–water partition coefficient (Wildman–Crippen LogP) is 16.3. The Balaban J connectivity index is 1.02. The largest absolute Gasteiger partial charge is 0.228 e. The minimum absolute atomic E-state index is 0.0533. The van der Waals surface area contributed by atoms with Crippen molar-refractivity contribution in [1.29, 1.82) is 0 Å². The molecule has 0 saturated heterocycles. The highest BCUT2D eigenvalue weighted by atomic mass is 32.1. The van der Waals surface area contributed by atoms with E-state index >= 15 is 0 Å². The highest BCUT2D eigenvalue weighted by molar-refractivity contribution is 7.26. The van der Waals surface area contributed by atoms with Crippen molar-refractivity contribution in [3.05, 3.63) is 217 Å². The average molecular weight is 809 g/mol. The lowest BCUT2D eigenvalue weighted by molar-refractivity contribution is 0.660. The van der Waals surface area contributed by atoms with Crippen molar-refractivity contribution < 1.29 is 0 Å². The van der Waals surface area contributed by atoms with Crippen molar-refractivity contribution in [2.75, 3.05) is 0 Å². The average Bonchev–Trinajstić information content (AvgIpc) is 3.83. The van der Waals surface area contributed by atoms with Gasteiger partial charge in [0.2, 0.25) is 0 Å². The molecule has 3 heteroatoms. The highest BCUT2D eigenvalue weighted by Gasteiger charge is 2.35. The molecule has 11 aromatic rings. The van der Waals surface area contributed by atoms with Gasteiger partial charge in [-0.25, -0.2) is 9.97 Å². The predicted molar refractivity (Wildman–Crippen MR) is 263 cm³/mol. The number of rotatable bonds is 6. The van der Waals surface area contributed by atoms with E-state index in [0.717, 1.165) is 39.2 Å². The zero-order valence-corrected chi connectivity index (χ0v) is 35.2. The van der Waals surface area contributed by atoms with Gasteiger partial charge in [0.25, 0.3) is 0 Å². The fourth-order valence-corrected chi connectivity index (χ4v) is 11.0. The number of aromatic nitrogens is 2. The highest BCUT2D eigenvalue weighted by Crippen LogP contribution is 2.50. The maximum atomic E-state index is 5.35. The van der Waals surface area contributed by atoms with E-state index in [4.69, 9.17) is 9.97 Å². The van der Waals surface area contributed by atoms with Crippen LogP contribution in [0, 0.1) is 0 Å². The summed E-state index contributed by atoms with van der Waals surface area (Å²) in [5.74, 6) is 0.700. The van der Waals surface area contributed by atoms with E-state index in [1.165, 1.54) is 75.5 Å². The van der Waals surface area contributed by atoms with E-state index in [9.17, 15) is 0 Å². The second-order valence-corrected chi connectivity index (χ2v) is 18.0. The van der Waals surface area contributed by atoms with Gasteiger partial charge in [0.05, 0.1) is 11.4 Å². The van der Waals surface area contributed by atoms with Crippen LogP contribution in [0.3, 0.4) is 0 Å². The minimum Gasteiger partial charge on any atom is -0.228 e. The Hall–Kier alpha value is -7.46. The first-order chi connectivity index (χ1) is 30.5. The third-order valence-corrected chi connectivity index (χ3v) is 14.1. The van der Waals surface area contributed by atoms with Crippen LogP contribution in [0.5, 0.6) is 0 Å². The second-order valence-electron chi connectivity index (χ2n) is 16.9. The Morgan fingerprint density at radius 2 is 0.935 bits per heavy atom. The molecular weight excluding hydrogens is 769 g/mol. The normalized spacial score (nSPS) is 12.8. The summed E-state index contributed by atoms with van der Waals surface area (Å²) in [7, 11) is 0. The number of hydrogen-bond donors (Lipinski definition) is 0. The standard InChI is InChI=1S/C59H40N2S/c1-59(2)52-24-10-8-19-48(52)49-31-30-41(35-53(49)59)37-26-28-39(29-27-37)54-36-55(61-58(60-54)40-15-4-3-5-16-40)44-33-42(46-21-12-17-38-14-6-7-18-45(38)46)32-43(34-44)47-22-13-23-51-50-20-9-11-25-56(50)62-57(47)51/h3-36H,1-2H3. The summed E-state index contributed by atoms with van der Waals surface area (Å²) >= 11 is 1.87. The van der Waals surface area contributed by atoms with Crippen molar-refractivity contribution in [2.24, 2.45) is 0 Å². The molecule has 0 unspecified atom stereocenters. The number of fused-ring (bicyclic) bond motifs is 7. The van der Waals surface area contributed by atoms with Crippen molar-refractivity contribution in [3.8, 4) is 78.4 Å². The maximum Gasteiger partial charge on any atom is 0.160 e. The smallest absolute Gasteiger partial charge is 0.160 e. The number of hydrogen-bond acceptors (Lipinski definition) is 3. The Labute approximate surface area is 365 Å². The molecule has 12 rings (SSSR count). The van der Waals surface area contributed by atoms with Gasteiger partial charge in [-0.15, -0.1) is 11.3 Å². The SMILES string of the molecule is CC1(C)c2ccccc2-c2ccc(-c3ccc(-c4cc(-c5cc(-c6cccc7ccccc67)cc(-c6cccc7c6sc6ccccc67)c5)nc(-c5ccccc5)n4)cc3)cc21. The quantitative estimate of drug-likeness (QED) is 0.167. The molecule has 0 bridgehead atoms. The third kappa shape index (κ3) is 6.00. The van der Waals surface area contributed by atoms with Gasteiger partial charge in [0.1, 0.15) is 0 Å². The zero-order chi connectivity index (χ0) is 41.4. The van der Waals surface area contributed by atoms with Crippen molar-refractivity contribution in [1.82, 2.24) is 9.97 Å². The summed E-state index contributed by atoms with van der Waals surface area (Å²) in [5, 5.41) is 5.02. The molecule has 2 aromatic heterocycles. The van der Waals surface area contributed by atoms with Crippen LogP contribution >= 0.6 is 11.3 Å². The fraction of sp³-hybridized carbons (Fsp3) is 0.0508. The van der Waals surface area contributed by atoms with E-state index < -0.39 is 0 Å². The monoisotopic (exact) mass is 808 g/mol. The van der Waals surface area contributed by atoms with Gasteiger partial charge in [0, 0.05) is 42.3 Å². The summed E-state index contributed by atoms with van der Waals surface area (Å²) in [5.41, 5.74) is 17.4. The van der Waals surface area contributed by atoms with Gasteiger partial charge in [-0.3, -0.25) is 0 Å². The van der Waals surface area contributed by atoms with E-state index in [-0.39, 0.29) is 5.41 Å². The van der Waals surface area contributed by atoms with Gasteiger partial charge in [-0.05, 0) is 103 Å². The molecule has 1 aliphatic rings. The van der Waals surface area contributed by atoms with Crippen LogP contribution in [0.1, 0.15) is 25.0 Å². The molecule has 9 aromatic carbocycles. The van der Waals surface area contributed by atoms with Crippen LogP contribution < -0.4 is 0 Å².